The van der Waals surface area contributed by atoms with Crippen molar-refractivity contribution in [2.24, 2.45) is 0 Å². The zero-order valence-electron chi connectivity index (χ0n) is 10.1. The van der Waals surface area contributed by atoms with Crippen LogP contribution in [0.3, 0.4) is 0 Å². The second-order valence-corrected chi connectivity index (χ2v) is 5.90. The highest BCUT2D eigenvalue weighted by atomic mass is 79.9. The molecule has 18 heavy (non-hydrogen) atoms. The monoisotopic (exact) mass is 314 g/mol. The maximum absolute atomic E-state index is 11.0. The maximum atomic E-state index is 11.0. The van der Waals surface area contributed by atoms with Gasteiger partial charge in [-0.15, -0.1) is 0 Å². The molecular weight excluding hydrogens is 300 g/mol. The molecule has 0 aliphatic carbocycles. The molecule has 1 atom stereocenters. The summed E-state index contributed by atoms with van der Waals surface area (Å²) in [4.78, 5) is 12.7. The largest absolute Gasteiger partial charge is 0.389 e. The van der Waals surface area contributed by atoms with Crippen LogP contribution in [0.5, 0.6) is 0 Å². The number of nitrogens with zero attached hydrogens (tertiary/aromatic N) is 2. The lowest BCUT2D eigenvalue weighted by Gasteiger charge is -2.18. The highest BCUT2D eigenvalue weighted by Crippen LogP contribution is 2.27. The van der Waals surface area contributed by atoms with E-state index in [2.05, 4.69) is 15.9 Å². The van der Waals surface area contributed by atoms with Gasteiger partial charge >= 0.3 is 0 Å². The van der Waals surface area contributed by atoms with Gasteiger partial charge in [-0.3, -0.25) is 15.0 Å². The van der Waals surface area contributed by atoms with Gasteiger partial charge in [0, 0.05) is 35.7 Å². The van der Waals surface area contributed by atoms with Crippen LogP contribution in [0.1, 0.15) is 18.9 Å². The van der Waals surface area contributed by atoms with E-state index in [0.29, 0.717) is 29.5 Å². The minimum absolute atomic E-state index is 0.121. The Hall–Kier alpha value is -0.980. The molecule has 0 amide bonds. The lowest BCUT2D eigenvalue weighted by molar-refractivity contribution is -0.385. The lowest BCUT2D eigenvalue weighted by Crippen LogP contribution is -2.29. The molecule has 0 spiro atoms. The van der Waals surface area contributed by atoms with E-state index < -0.39 is 5.60 Å². The van der Waals surface area contributed by atoms with E-state index in [4.69, 9.17) is 0 Å². The fourth-order valence-corrected chi connectivity index (χ4v) is 2.60. The molecule has 0 bridgehead atoms. The van der Waals surface area contributed by atoms with E-state index in [1.807, 2.05) is 4.90 Å². The number of halogens is 1. The molecule has 1 N–H and O–H groups in total. The molecule has 1 aliphatic rings. The molecule has 98 valence electrons. The van der Waals surface area contributed by atoms with E-state index >= 15 is 0 Å². The van der Waals surface area contributed by atoms with E-state index in [1.54, 1.807) is 19.1 Å². The summed E-state index contributed by atoms with van der Waals surface area (Å²) in [6.07, 6.45) is 0.706. The zero-order valence-corrected chi connectivity index (χ0v) is 11.7. The minimum atomic E-state index is -0.676. The van der Waals surface area contributed by atoms with Gasteiger partial charge in [0.1, 0.15) is 0 Å². The Kier molecular flexibility index (Phi) is 3.70. The molecule has 5 nitrogen and oxygen atoms in total. The van der Waals surface area contributed by atoms with Gasteiger partial charge in [-0.05, 0) is 25.5 Å². The van der Waals surface area contributed by atoms with Gasteiger partial charge in [-0.1, -0.05) is 15.9 Å². The summed E-state index contributed by atoms with van der Waals surface area (Å²) in [5.41, 5.74) is 0.126. The average Bonchev–Trinajstić information content (AvgIpc) is 2.60. The average molecular weight is 315 g/mol. The van der Waals surface area contributed by atoms with Crippen LogP contribution < -0.4 is 0 Å². The Balaban J connectivity index is 2.17. The van der Waals surface area contributed by atoms with Crippen molar-refractivity contribution in [2.75, 3.05) is 13.1 Å². The fourth-order valence-electron chi connectivity index (χ4n) is 2.26. The molecule has 0 aromatic heterocycles. The van der Waals surface area contributed by atoms with Crippen molar-refractivity contribution < 1.29 is 10.0 Å². The Morgan fingerprint density at radius 3 is 2.89 bits per heavy atom. The molecule has 2 rings (SSSR count). The van der Waals surface area contributed by atoms with Crippen LogP contribution in [-0.2, 0) is 6.54 Å². The molecule has 1 aliphatic heterocycles. The number of likely N-dealkylation sites (tertiary alicyclic amines) is 1. The molecule has 1 saturated heterocycles. The molecule has 1 fully saturated rings. The SMILES string of the molecule is CC1(O)CCN(Cc2ccc(Br)cc2[N+](=O)[O-])C1. The standard InChI is InChI=1S/C12H15BrN2O3/c1-12(16)4-5-14(8-12)7-9-2-3-10(13)6-11(9)15(17)18/h2-3,6,16H,4-5,7-8H2,1H3. The van der Waals surface area contributed by atoms with Gasteiger partial charge in [-0.25, -0.2) is 0 Å². The predicted molar refractivity (Wildman–Crippen MR) is 71.3 cm³/mol. The smallest absolute Gasteiger partial charge is 0.275 e. The third-order valence-electron chi connectivity index (χ3n) is 3.17. The van der Waals surface area contributed by atoms with Crippen LogP contribution >= 0.6 is 15.9 Å². The molecule has 1 aromatic carbocycles. The van der Waals surface area contributed by atoms with Gasteiger partial charge in [0.25, 0.3) is 5.69 Å². The Morgan fingerprint density at radius 2 is 2.33 bits per heavy atom. The number of β-amino-alcohol motifs (C(OH)–C–C–N with tert-alkyl or cyclic N) is 1. The number of nitro groups is 1. The quantitative estimate of drug-likeness (QED) is 0.686. The van der Waals surface area contributed by atoms with Crippen molar-refractivity contribution in [1.82, 2.24) is 4.90 Å². The van der Waals surface area contributed by atoms with Crippen LogP contribution in [0.4, 0.5) is 5.69 Å². The second-order valence-electron chi connectivity index (χ2n) is 4.99. The van der Waals surface area contributed by atoms with Gasteiger partial charge in [0.05, 0.1) is 10.5 Å². The van der Waals surface area contributed by atoms with E-state index in [-0.39, 0.29) is 10.6 Å². The number of hydrogen-bond donors (Lipinski definition) is 1. The summed E-state index contributed by atoms with van der Waals surface area (Å²) < 4.78 is 0.700. The Bertz CT molecular complexity index is 476. The van der Waals surface area contributed by atoms with Gasteiger partial charge in [0.2, 0.25) is 0 Å². The van der Waals surface area contributed by atoms with Crippen LogP contribution in [0.25, 0.3) is 0 Å². The molecule has 0 saturated carbocycles. The molecule has 1 aromatic rings. The predicted octanol–water partition coefficient (Wildman–Crippen LogP) is 2.31. The minimum Gasteiger partial charge on any atom is -0.389 e. The molecule has 6 heteroatoms. The molecule has 1 unspecified atom stereocenters. The lowest BCUT2D eigenvalue weighted by atomic mass is 10.1. The highest BCUT2D eigenvalue weighted by Gasteiger charge is 2.32. The van der Waals surface area contributed by atoms with Crippen LogP contribution in [0.15, 0.2) is 22.7 Å². The van der Waals surface area contributed by atoms with Gasteiger partial charge < -0.3 is 5.11 Å². The van der Waals surface area contributed by atoms with Crippen molar-refractivity contribution in [3.8, 4) is 0 Å². The summed E-state index contributed by atoms with van der Waals surface area (Å²) in [7, 11) is 0. The topological polar surface area (TPSA) is 66.6 Å². The van der Waals surface area contributed by atoms with Crippen LogP contribution in [0, 0.1) is 10.1 Å². The summed E-state index contributed by atoms with van der Waals surface area (Å²) in [5.74, 6) is 0. The van der Waals surface area contributed by atoms with Gasteiger partial charge in [-0.2, -0.15) is 0 Å². The van der Waals surface area contributed by atoms with Crippen LogP contribution in [-0.4, -0.2) is 33.6 Å². The summed E-state index contributed by atoms with van der Waals surface area (Å²) in [6, 6.07) is 5.08. The Labute approximate surface area is 114 Å². The fraction of sp³-hybridized carbons (Fsp3) is 0.500. The Morgan fingerprint density at radius 1 is 1.61 bits per heavy atom. The third-order valence-corrected chi connectivity index (χ3v) is 3.66. The van der Waals surface area contributed by atoms with E-state index in [9.17, 15) is 15.2 Å². The first-order valence-corrected chi connectivity index (χ1v) is 6.54. The number of hydrogen-bond acceptors (Lipinski definition) is 4. The second kappa shape index (κ2) is 4.95. The van der Waals surface area contributed by atoms with Crippen molar-refractivity contribution >= 4 is 21.6 Å². The summed E-state index contributed by atoms with van der Waals surface area (Å²) >= 11 is 3.24. The van der Waals surface area contributed by atoms with Crippen molar-refractivity contribution in [1.29, 1.82) is 0 Å². The molecular formula is C12H15BrN2O3. The number of benzene rings is 1. The van der Waals surface area contributed by atoms with Crippen molar-refractivity contribution in [3.63, 3.8) is 0 Å². The first-order chi connectivity index (χ1) is 8.37. The van der Waals surface area contributed by atoms with Gasteiger partial charge in [0.15, 0.2) is 0 Å². The summed E-state index contributed by atoms with van der Waals surface area (Å²) in [5, 5.41) is 20.9. The zero-order chi connectivity index (χ0) is 13.3. The van der Waals surface area contributed by atoms with Crippen molar-refractivity contribution in [3.05, 3.63) is 38.3 Å². The first-order valence-electron chi connectivity index (χ1n) is 5.75. The first kappa shape index (κ1) is 13.5. The van der Waals surface area contributed by atoms with E-state index in [1.165, 1.54) is 6.07 Å². The number of nitro benzene ring substituents is 1. The molecule has 1 heterocycles. The normalized spacial score (nSPS) is 24.4. The number of rotatable bonds is 3. The maximum Gasteiger partial charge on any atom is 0.275 e. The summed E-state index contributed by atoms with van der Waals surface area (Å²) in [6.45, 7) is 3.61. The van der Waals surface area contributed by atoms with Crippen molar-refractivity contribution in [2.45, 2.75) is 25.5 Å². The highest BCUT2D eigenvalue weighted by molar-refractivity contribution is 9.10. The third kappa shape index (κ3) is 3.07. The van der Waals surface area contributed by atoms with Crippen LogP contribution in [0.2, 0.25) is 0 Å². The van der Waals surface area contributed by atoms with E-state index in [0.717, 1.165) is 6.54 Å². The number of aliphatic hydroxyl groups is 1. The molecule has 0 radical (unpaired) electrons.